The van der Waals surface area contributed by atoms with Crippen LogP contribution in [0, 0.1) is 12.8 Å². The number of carbonyl (C=O) groups is 3. The van der Waals surface area contributed by atoms with Crippen molar-refractivity contribution in [1.82, 2.24) is 10.0 Å². The van der Waals surface area contributed by atoms with Crippen LogP contribution in [0.2, 0.25) is 0 Å². The minimum absolute atomic E-state index is 0.0553. The third-order valence-electron chi connectivity index (χ3n) is 8.49. The Morgan fingerprint density at radius 1 is 0.905 bits per heavy atom. The fourth-order valence-electron chi connectivity index (χ4n) is 6.45. The SMILES string of the molecule is Cc1ccc(N2C(=O)[C@H]3N=NN(CC(=O)N4N=C5/C(=C/c6ccccc6)CCC[C@H]5[C@H]4c4ccccc4)[C@H]3C2=O)cc1. The highest BCUT2D eigenvalue weighted by atomic mass is 16.2. The van der Waals surface area contributed by atoms with Crippen LogP contribution < -0.4 is 4.90 Å². The number of aryl methyl sites for hydroxylation is 1. The van der Waals surface area contributed by atoms with Gasteiger partial charge in [-0.2, -0.15) is 10.2 Å². The Morgan fingerprint density at radius 2 is 1.62 bits per heavy atom. The summed E-state index contributed by atoms with van der Waals surface area (Å²) in [6.07, 6.45) is 4.98. The minimum Gasteiger partial charge on any atom is -0.271 e. The highest BCUT2D eigenvalue weighted by molar-refractivity contribution is 6.25. The molecule has 3 amide bonds. The van der Waals surface area contributed by atoms with E-state index in [0.29, 0.717) is 5.69 Å². The molecule has 7 rings (SSSR count). The van der Waals surface area contributed by atoms with E-state index in [0.717, 1.165) is 52.1 Å². The summed E-state index contributed by atoms with van der Waals surface area (Å²) in [7, 11) is 0. The molecule has 0 radical (unpaired) electrons. The number of fused-ring (bicyclic) bond motifs is 2. The summed E-state index contributed by atoms with van der Waals surface area (Å²) in [6.45, 7) is 1.73. The lowest BCUT2D eigenvalue weighted by atomic mass is 9.77. The molecule has 4 aliphatic rings. The zero-order valence-electron chi connectivity index (χ0n) is 23.2. The normalized spacial score (nSPS) is 25.7. The van der Waals surface area contributed by atoms with Crippen molar-refractivity contribution in [2.24, 2.45) is 21.4 Å². The predicted molar refractivity (Wildman–Crippen MR) is 158 cm³/mol. The molecule has 0 bridgehead atoms. The molecule has 2 fully saturated rings. The molecule has 0 N–H and O–H groups in total. The Bertz CT molecular complexity index is 1630. The summed E-state index contributed by atoms with van der Waals surface area (Å²) in [4.78, 5) is 41.8. The van der Waals surface area contributed by atoms with E-state index in [1.165, 1.54) is 5.01 Å². The molecule has 210 valence electrons. The number of allylic oxidation sites excluding steroid dienone is 1. The zero-order valence-corrected chi connectivity index (χ0v) is 23.2. The summed E-state index contributed by atoms with van der Waals surface area (Å²) < 4.78 is 0. The van der Waals surface area contributed by atoms with Crippen LogP contribution in [-0.4, -0.2) is 52.1 Å². The van der Waals surface area contributed by atoms with Crippen molar-refractivity contribution in [1.29, 1.82) is 0 Å². The smallest absolute Gasteiger partial charge is 0.264 e. The first-order valence-corrected chi connectivity index (χ1v) is 14.3. The van der Waals surface area contributed by atoms with E-state index in [4.69, 9.17) is 5.10 Å². The van der Waals surface area contributed by atoms with Crippen LogP contribution in [0.1, 0.15) is 42.0 Å². The van der Waals surface area contributed by atoms with Gasteiger partial charge >= 0.3 is 0 Å². The molecule has 0 aromatic heterocycles. The van der Waals surface area contributed by atoms with Crippen molar-refractivity contribution >= 4 is 35.2 Å². The molecule has 3 aromatic rings. The second-order valence-electron chi connectivity index (χ2n) is 11.2. The number of imide groups is 1. The first-order valence-electron chi connectivity index (χ1n) is 14.3. The highest BCUT2D eigenvalue weighted by Gasteiger charge is 2.55. The topological polar surface area (TPSA) is 98.0 Å². The Labute approximate surface area is 243 Å². The number of hydrogen-bond acceptors (Lipinski definition) is 7. The average molecular weight is 559 g/mol. The molecule has 0 unspecified atom stereocenters. The third kappa shape index (κ3) is 4.41. The van der Waals surface area contributed by atoms with Crippen molar-refractivity contribution in [3.63, 3.8) is 0 Å². The van der Waals surface area contributed by atoms with Gasteiger partial charge in [-0.3, -0.25) is 19.4 Å². The molecule has 1 saturated carbocycles. The van der Waals surface area contributed by atoms with Gasteiger partial charge in [0.1, 0.15) is 6.54 Å². The van der Waals surface area contributed by atoms with Gasteiger partial charge in [0.25, 0.3) is 17.7 Å². The Hall–Kier alpha value is -4.92. The van der Waals surface area contributed by atoms with Crippen LogP contribution in [0.15, 0.2) is 106 Å². The average Bonchev–Trinajstić information content (AvgIpc) is 3.68. The molecular formula is C33H30N6O3. The van der Waals surface area contributed by atoms with Gasteiger partial charge in [0.15, 0.2) is 12.1 Å². The predicted octanol–water partition coefficient (Wildman–Crippen LogP) is 5.11. The summed E-state index contributed by atoms with van der Waals surface area (Å²) in [5, 5.41) is 16.1. The van der Waals surface area contributed by atoms with E-state index < -0.39 is 23.9 Å². The Morgan fingerprint density at radius 3 is 2.36 bits per heavy atom. The van der Waals surface area contributed by atoms with Gasteiger partial charge in [-0.05, 0) is 61.1 Å². The minimum atomic E-state index is -0.968. The Balaban J connectivity index is 1.18. The van der Waals surface area contributed by atoms with Crippen LogP contribution in [0.3, 0.4) is 0 Å². The molecule has 3 aromatic carbocycles. The third-order valence-corrected chi connectivity index (χ3v) is 8.49. The first-order chi connectivity index (χ1) is 20.5. The van der Waals surface area contributed by atoms with Crippen molar-refractivity contribution in [2.75, 3.05) is 11.4 Å². The molecule has 4 atom stereocenters. The van der Waals surface area contributed by atoms with Crippen molar-refractivity contribution < 1.29 is 14.4 Å². The summed E-state index contributed by atoms with van der Waals surface area (Å²) in [5.41, 5.74) is 5.69. The monoisotopic (exact) mass is 558 g/mol. The molecule has 1 aliphatic carbocycles. The number of anilines is 1. The second kappa shape index (κ2) is 10.5. The van der Waals surface area contributed by atoms with Gasteiger partial charge in [0.2, 0.25) is 0 Å². The van der Waals surface area contributed by atoms with Crippen LogP contribution in [0.5, 0.6) is 0 Å². The molecule has 9 heteroatoms. The molecule has 3 aliphatic heterocycles. The maximum atomic E-state index is 14.0. The maximum Gasteiger partial charge on any atom is 0.264 e. The van der Waals surface area contributed by atoms with E-state index in [2.05, 4.69) is 28.5 Å². The lowest BCUT2D eigenvalue weighted by Crippen LogP contribution is -2.45. The summed E-state index contributed by atoms with van der Waals surface area (Å²) >= 11 is 0. The first kappa shape index (κ1) is 26.0. The number of hydrogen-bond donors (Lipinski definition) is 0. The fraction of sp³-hybridized carbons (Fsp3) is 0.273. The number of amides is 3. The number of rotatable bonds is 5. The van der Waals surface area contributed by atoms with Crippen molar-refractivity contribution in [3.05, 3.63) is 107 Å². The van der Waals surface area contributed by atoms with Gasteiger partial charge in [-0.15, -0.1) is 0 Å². The lowest BCUT2D eigenvalue weighted by Gasteiger charge is -2.30. The quantitative estimate of drug-likeness (QED) is 0.407. The van der Waals surface area contributed by atoms with E-state index >= 15 is 0 Å². The molecule has 42 heavy (non-hydrogen) atoms. The van der Waals surface area contributed by atoms with Crippen molar-refractivity contribution in [3.8, 4) is 0 Å². The number of carbonyl (C=O) groups excluding carboxylic acids is 3. The fourth-order valence-corrected chi connectivity index (χ4v) is 6.45. The Kier molecular flexibility index (Phi) is 6.49. The van der Waals surface area contributed by atoms with Gasteiger partial charge in [-0.25, -0.2) is 9.91 Å². The number of nitrogens with zero attached hydrogens (tertiary/aromatic N) is 6. The van der Waals surface area contributed by atoms with E-state index in [9.17, 15) is 14.4 Å². The zero-order chi connectivity index (χ0) is 28.8. The van der Waals surface area contributed by atoms with Crippen molar-refractivity contribution in [2.45, 2.75) is 44.3 Å². The van der Waals surface area contributed by atoms with Crippen LogP contribution in [-0.2, 0) is 14.4 Å². The van der Waals surface area contributed by atoms with E-state index in [1.807, 2.05) is 67.6 Å². The molecular weight excluding hydrogens is 528 g/mol. The van der Waals surface area contributed by atoms with Gasteiger partial charge in [-0.1, -0.05) is 83.6 Å². The number of benzene rings is 3. The summed E-state index contributed by atoms with van der Waals surface area (Å²) in [5.74, 6) is -1.10. The van der Waals surface area contributed by atoms with Gasteiger partial charge in [0.05, 0.1) is 17.4 Å². The second-order valence-corrected chi connectivity index (χ2v) is 11.2. The maximum absolute atomic E-state index is 14.0. The molecule has 9 nitrogen and oxygen atoms in total. The standard InChI is InChI=1S/C33H30N6O3/c1-21-15-17-25(18-16-21)38-32(41)29-31(33(38)42)37(36-34-29)20-27(40)39-30(23-11-6-3-7-12-23)26-14-8-13-24(28(26)35-39)19-22-9-4-2-5-10-22/h2-7,9-12,15-19,26,29-31H,8,13-14,20H2,1H3/b24-19+/t26-,29+,30-,31-/m1/s1. The van der Waals surface area contributed by atoms with E-state index in [1.54, 1.807) is 17.1 Å². The molecule has 1 saturated heterocycles. The van der Waals surface area contributed by atoms with Crippen LogP contribution in [0.4, 0.5) is 5.69 Å². The largest absolute Gasteiger partial charge is 0.271 e. The van der Waals surface area contributed by atoms with Crippen LogP contribution >= 0.6 is 0 Å². The van der Waals surface area contributed by atoms with Gasteiger partial charge < -0.3 is 0 Å². The van der Waals surface area contributed by atoms with E-state index in [-0.39, 0.29) is 24.4 Å². The lowest BCUT2D eigenvalue weighted by molar-refractivity contribution is -0.136. The van der Waals surface area contributed by atoms with Crippen LogP contribution in [0.25, 0.3) is 6.08 Å². The number of hydrazone groups is 1. The highest BCUT2D eigenvalue weighted by Crippen LogP contribution is 2.44. The molecule has 3 heterocycles. The van der Waals surface area contributed by atoms with Gasteiger partial charge in [0, 0.05) is 5.92 Å². The molecule has 0 spiro atoms. The summed E-state index contributed by atoms with van der Waals surface area (Å²) in [6, 6.07) is 25.1.